The minimum Gasteiger partial charge on any atom is -0.436 e. The summed E-state index contributed by atoms with van der Waals surface area (Å²) in [6.07, 6.45) is -0.277. The lowest BCUT2D eigenvalue weighted by atomic mass is 10.1. The molecule has 3 heterocycles. The fourth-order valence-electron chi connectivity index (χ4n) is 5.16. The van der Waals surface area contributed by atoms with Crippen molar-refractivity contribution in [1.82, 2.24) is 10.3 Å². The van der Waals surface area contributed by atoms with Crippen molar-refractivity contribution in [3.8, 4) is 11.5 Å². The van der Waals surface area contributed by atoms with Crippen LogP contribution >= 0.6 is 11.3 Å². The predicted octanol–water partition coefficient (Wildman–Crippen LogP) is 8.36. The molecule has 1 N–H and O–H groups in total. The van der Waals surface area contributed by atoms with Crippen LogP contribution in [0.5, 0.6) is 0 Å². The third-order valence-electron chi connectivity index (χ3n) is 7.18. The minimum absolute atomic E-state index is 0.277. The van der Waals surface area contributed by atoms with Crippen LogP contribution in [0.15, 0.2) is 136 Å². The molecule has 5 aromatic carbocycles. The molecule has 190 valence electrons. The molecule has 2 aromatic heterocycles. The van der Waals surface area contributed by atoms with E-state index in [0.717, 1.165) is 39.2 Å². The van der Waals surface area contributed by atoms with Gasteiger partial charge in [-0.3, -0.25) is 0 Å². The van der Waals surface area contributed by atoms with Crippen molar-refractivity contribution in [3.05, 3.63) is 138 Å². The molecule has 8 rings (SSSR count). The highest BCUT2D eigenvalue weighted by molar-refractivity contribution is 7.25. The second-order valence-corrected chi connectivity index (χ2v) is 10.8. The summed E-state index contributed by atoms with van der Waals surface area (Å²) in [6.45, 7) is 0. The number of fused-ring (bicyclic) bond motifs is 4. The smallest absolute Gasteiger partial charge is 0.227 e. The molecular weight excluding hydrogens is 512 g/mol. The Hall–Kier alpha value is -5.07. The normalized spacial score (nSPS) is 15.2. The number of aromatic nitrogens is 1. The molecule has 0 saturated heterocycles. The summed E-state index contributed by atoms with van der Waals surface area (Å²) in [5.41, 5.74) is 5.62. The van der Waals surface area contributed by atoms with Gasteiger partial charge in [-0.25, -0.2) is 15.0 Å². The van der Waals surface area contributed by atoms with Crippen LogP contribution in [-0.4, -0.2) is 16.7 Å². The van der Waals surface area contributed by atoms with Gasteiger partial charge in [0.2, 0.25) is 5.89 Å². The predicted molar refractivity (Wildman–Crippen MR) is 164 cm³/mol. The summed E-state index contributed by atoms with van der Waals surface area (Å²) in [4.78, 5) is 14.6. The van der Waals surface area contributed by atoms with Crippen LogP contribution < -0.4 is 5.32 Å². The summed E-state index contributed by atoms with van der Waals surface area (Å²) in [5, 5.41) is 5.98. The SMILES string of the molecule is c1ccc(C2=NC(c3ccc(-c4nc5cc6sc7ccccc7c6cc5o4)cc3)NC(c3ccccc3)=N2)cc1. The molecule has 0 fully saturated rings. The molecule has 5 nitrogen and oxygen atoms in total. The Kier molecular flexibility index (Phi) is 5.31. The van der Waals surface area contributed by atoms with Crippen molar-refractivity contribution in [1.29, 1.82) is 0 Å². The minimum atomic E-state index is -0.277. The Morgan fingerprint density at radius 1 is 0.650 bits per heavy atom. The molecule has 1 aliphatic heterocycles. The Bertz CT molecular complexity index is 2070. The fourth-order valence-corrected chi connectivity index (χ4v) is 6.28. The van der Waals surface area contributed by atoms with Gasteiger partial charge in [-0.15, -0.1) is 11.3 Å². The topological polar surface area (TPSA) is 62.8 Å². The summed E-state index contributed by atoms with van der Waals surface area (Å²) in [6, 6.07) is 41.2. The average molecular weight is 535 g/mol. The van der Waals surface area contributed by atoms with Crippen molar-refractivity contribution < 1.29 is 4.42 Å². The van der Waals surface area contributed by atoms with Crippen LogP contribution in [-0.2, 0) is 0 Å². The number of nitrogens with zero attached hydrogens (tertiary/aromatic N) is 3. The first-order valence-corrected chi connectivity index (χ1v) is 14.0. The Balaban J connectivity index is 1.14. The lowest BCUT2D eigenvalue weighted by Crippen LogP contribution is -2.33. The first-order valence-electron chi connectivity index (χ1n) is 13.1. The highest BCUT2D eigenvalue weighted by Crippen LogP contribution is 2.37. The highest BCUT2D eigenvalue weighted by atomic mass is 32.1. The molecule has 6 heteroatoms. The maximum atomic E-state index is 6.25. The Morgan fingerprint density at radius 2 is 1.38 bits per heavy atom. The first-order chi connectivity index (χ1) is 19.8. The molecule has 1 unspecified atom stereocenters. The van der Waals surface area contributed by atoms with Gasteiger partial charge in [-0.05, 0) is 35.9 Å². The zero-order chi connectivity index (χ0) is 26.5. The number of hydrogen-bond acceptors (Lipinski definition) is 6. The second-order valence-electron chi connectivity index (χ2n) is 9.75. The molecule has 0 amide bonds. The van der Waals surface area contributed by atoms with Gasteiger partial charge in [0.1, 0.15) is 17.5 Å². The van der Waals surface area contributed by atoms with Crippen molar-refractivity contribution in [3.63, 3.8) is 0 Å². The molecule has 1 atom stereocenters. The highest BCUT2D eigenvalue weighted by Gasteiger charge is 2.21. The van der Waals surface area contributed by atoms with E-state index in [0.29, 0.717) is 11.7 Å². The summed E-state index contributed by atoms with van der Waals surface area (Å²) in [7, 11) is 0. The van der Waals surface area contributed by atoms with Gasteiger partial charge in [0.25, 0.3) is 0 Å². The number of benzene rings is 5. The van der Waals surface area contributed by atoms with Crippen LogP contribution in [0.25, 0.3) is 42.7 Å². The quantitative estimate of drug-likeness (QED) is 0.247. The molecule has 0 bridgehead atoms. The van der Waals surface area contributed by atoms with Crippen molar-refractivity contribution in [2.75, 3.05) is 0 Å². The number of amidine groups is 2. The van der Waals surface area contributed by atoms with E-state index < -0.39 is 0 Å². The number of oxazole rings is 1. The molecule has 40 heavy (non-hydrogen) atoms. The molecule has 0 radical (unpaired) electrons. The maximum absolute atomic E-state index is 6.25. The number of hydrogen-bond donors (Lipinski definition) is 1. The van der Waals surface area contributed by atoms with E-state index in [1.807, 2.05) is 60.7 Å². The van der Waals surface area contributed by atoms with E-state index in [2.05, 4.69) is 66.0 Å². The van der Waals surface area contributed by atoms with E-state index in [1.165, 1.54) is 20.2 Å². The molecule has 7 aromatic rings. The average Bonchev–Trinajstić information content (AvgIpc) is 3.61. The van der Waals surface area contributed by atoms with Crippen LogP contribution in [0.4, 0.5) is 0 Å². The van der Waals surface area contributed by atoms with Gasteiger partial charge >= 0.3 is 0 Å². The molecular formula is C34H22N4OS. The molecule has 1 aliphatic rings. The van der Waals surface area contributed by atoms with Crippen LogP contribution in [0.1, 0.15) is 22.9 Å². The van der Waals surface area contributed by atoms with E-state index in [1.54, 1.807) is 11.3 Å². The molecule has 0 aliphatic carbocycles. The molecule has 0 saturated carbocycles. The van der Waals surface area contributed by atoms with Gasteiger partial charge in [-0.2, -0.15) is 0 Å². The number of aliphatic imine (C=N–C) groups is 2. The lowest BCUT2D eigenvalue weighted by Gasteiger charge is -2.23. The van der Waals surface area contributed by atoms with Gasteiger partial charge in [0.15, 0.2) is 11.4 Å². The second kappa shape index (κ2) is 9.29. The van der Waals surface area contributed by atoms with E-state index in [-0.39, 0.29) is 6.17 Å². The summed E-state index contributed by atoms with van der Waals surface area (Å²) in [5.74, 6) is 2.12. The number of rotatable bonds is 4. The Labute approximate surface area is 234 Å². The monoisotopic (exact) mass is 534 g/mol. The third kappa shape index (κ3) is 3.97. The van der Waals surface area contributed by atoms with Gasteiger partial charge in [0.05, 0.1) is 0 Å². The summed E-state index contributed by atoms with van der Waals surface area (Å²) >= 11 is 1.79. The first kappa shape index (κ1) is 22.9. The van der Waals surface area contributed by atoms with Gasteiger partial charge in [0, 0.05) is 36.9 Å². The maximum Gasteiger partial charge on any atom is 0.227 e. The van der Waals surface area contributed by atoms with Gasteiger partial charge < -0.3 is 9.73 Å². The third-order valence-corrected chi connectivity index (χ3v) is 8.32. The van der Waals surface area contributed by atoms with Crippen LogP contribution in [0, 0.1) is 0 Å². The van der Waals surface area contributed by atoms with Crippen LogP contribution in [0.2, 0.25) is 0 Å². The van der Waals surface area contributed by atoms with Crippen molar-refractivity contribution >= 4 is 54.3 Å². The largest absolute Gasteiger partial charge is 0.436 e. The van der Waals surface area contributed by atoms with Crippen molar-refractivity contribution in [2.24, 2.45) is 9.98 Å². The fraction of sp³-hybridized carbons (Fsp3) is 0.0294. The standard InChI is InChI=1S/C34H22N4OS/c1-3-9-21(10-4-1)31-36-32(22-11-5-2-6-12-22)38-33(37-31)23-15-17-24(18-16-23)34-35-27-20-30-26(19-28(27)39-34)25-13-7-8-14-29(25)40-30/h1-20,33H,(H,36,37,38). The van der Waals surface area contributed by atoms with E-state index in [9.17, 15) is 0 Å². The number of thiophene rings is 1. The Morgan fingerprint density at radius 3 is 2.17 bits per heavy atom. The zero-order valence-electron chi connectivity index (χ0n) is 21.3. The number of nitrogens with one attached hydrogen (secondary N) is 1. The van der Waals surface area contributed by atoms with E-state index >= 15 is 0 Å². The molecule has 0 spiro atoms. The van der Waals surface area contributed by atoms with Gasteiger partial charge in [-0.1, -0.05) is 91.0 Å². The van der Waals surface area contributed by atoms with E-state index in [4.69, 9.17) is 19.4 Å². The summed E-state index contributed by atoms with van der Waals surface area (Å²) < 4.78 is 8.74. The zero-order valence-corrected chi connectivity index (χ0v) is 22.1. The lowest BCUT2D eigenvalue weighted by molar-refractivity contribution is 0.620. The van der Waals surface area contributed by atoms with Crippen molar-refractivity contribution in [2.45, 2.75) is 6.17 Å². The van der Waals surface area contributed by atoms with Crippen LogP contribution in [0.3, 0.4) is 0 Å².